The van der Waals surface area contributed by atoms with E-state index >= 15 is 0 Å². The average Bonchev–Trinajstić information content (AvgIpc) is 3.35. The summed E-state index contributed by atoms with van der Waals surface area (Å²) in [6.45, 7) is 4.00. The second-order valence-corrected chi connectivity index (χ2v) is 8.19. The highest BCUT2D eigenvalue weighted by atomic mass is 32.1. The molecule has 2 aliphatic rings. The number of fused-ring (bicyclic) bond motifs is 1. The molecule has 3 aromatic rings. The van der Waals surface area contributed by atoms with Crippen LogP contribution < -0.4 is 5.32 Å². The van der Waals surface area contributed by atoms with Crippen molar-refractivity contribution in [1.82, 2.24) is 20.1 Å². The van der Waals surface area contributed by atoms with Crippen molar-refractivity contribution in [2.45, 2.75) is 26.2 Å². The molecule has 6 nitrogen and oxygen atoms in total. The summed E-state index contributed by atoms with van der Waals surface area (Å²) in [6, 6.07) is 8.25. The monoisotopic (exact) mass is 391 g/mol. The van der Waals surface area contributed by atoms with Gasteiger partial charge >= 0.3 is 0 Å². The summed E-state index contributed by atoms with van der Waals surface area (Å²) in [7, 11) is 0. The van der Waals surface area contributed by atoms with Crippen LogP contribution in [0.15, 0.2) is 40.8 Å². The predicted molar refractivity (Wildman–Crippen MR) is 111 cm³/mol. The van der Waals surface area contributed by atoms with Crippen LogP contribution >= 0.6 is 11.3 Å². The van der Waals surface area contributed by atoms with Gasteiger partial charge in [-0.25, -0.2) is 9.67 Å². The first kappa shape index (κ1) is 17.5. The van der Waals surface area contributed by atoms with Crippen LogP contribution in [0.3, 0.4) is 0 Å². The number of rotatable bonds is 3. The van der Waals surface area contributed by atoms with Crippen LogP contribution in [0.25, 0.3) is 21.8 Å². The Morgan fingerprint density at radius 1 is 1.18 bits per heavy atom. The van der Waals surface area contributed by atoms with E-state index in [0.29, 0.717) is 0 Å². The average molecular weight is 392 g/mol. The molecule has 2 aliphatic heterocycles. The zero-order chi connectivity index (χ0) is 19.1. The molecular formula is C21H21N5OS. The van der Waals surface area contributed by atoms with E-state index in [1.165, 1.54) is 5.56 Å². The van der Waals surface area contributed by atoms with Gasteiger partial charge in [-0.05, 0) is 38.4 Å². The van der Waals surface area contributed by atoms with Gasteiger partial charge in [-0.15, -0.1) is 11.3 Å². The van der Waals surface area contributed by atoms with Crippen molar-refractivity contribution < 1.29 is 4.79 Å². The van der Waals surface area contributed by atoms with Gasteiger partial charge in [0.1, 0.15) is 10.8 Å². The number of aliphatic imine (C=N–C) groups is 1. The third-order valence-corrected chi connectivity index (χ3v) is 6.38. The molecule has 0 bridgehead atoms. The van der Waals surface area contributed by atoms with Crippen molar-refractivity contribution >= 4 is 23.1 Å². The van der Waals surface area contributed by atoms with Crippen molar-refractivity contribution in [3.63, 3.8) is 0 Å². The second kappa shape index (κ2) is 7.07. The number of nitrogens with one attached hydrogen (secondary N) is 1. The molecule has 7 heteroatoms. The number of hydrogen-bond donors (Lipinski definition) is 1. The zero-order valence-corrected chi connectivity index (χ0v) is 16.5. The number of nitrogens with zero attached hydrogens (tertiary/aromatic N) is 4. The highest BCUT2D eigenvalue weighted by Gasteiger charge is 2.30. The highest BCUT2D eigenvalue weighted by molar-refractivity contribution is 7.13. The van der Waals surface area contributed by atoms with Crippen LogP contribution in [0.5, 0.6) is 0 Å². The van der Waals surface area contributed by atoms with Gasteiger partial charge < -0.3 is 5.32 Å². The summed E-state index contributed by atoms with van der Waals surface area (Å²) in [5.74, 6) is 0.990. The standard InChI is InChI=1S/C21H21N5OS/c1-13-4-2-3-5-15(13)17-12-28-21(24-17)16-11-23-26-18(16)10-19(27)25-20(26)14-6-8-22-9-7-14/h2-5,11-12,14,22H,6-10H2,1H3. The lowest BCUT2D eigenvalue weighted by molar-refractivity contribution is -0.117. The maximum absolute atomic E-state index is 12.4. The normalized spacial score (nSPS) is 17.5. The topological polar surface area (TPSA) is 72.2 Å². The van der Waals surface area contributed by atoms with Gasteiger partial charge in [0.05, 0.1) is 29.6 Å². The molecule has 1 aromatic carbocycles. The predicted octanol–water partition coefficient (Wildman–Crippen LogP) is 3.31. The molecule has 0 saturated carbocycles. The summed E-state index contributed by atoms with van der Waals surface area (Å²) in [4.78, 5) is 21.6. The first-order valence-electron chi connectivity index (χ1n) is 9.62. The quantitative estimate of drug-likeness (QED) is 0.743. The lowest BCUT2D eigenvalue weighted by Gasteiger charge is -2.26. The fourth-order valence-electron chi connectivity index (χ4n) is 4.00. The number of thiazole rings is 1. The Hall–Kier alpha value is -2.64. The van der Waals surface area contributed by atoms with Gasteiger partial charge in [-0.3, -0.25) is 4.79 Å². The number of carbonyl (C=O) groups excluding carboxylic acids is 1. The maximum atomic E-state index is 12.4. The first-order chi connectivity index (χ1) is 13.7. The number of piperidine rings is 1. The van der Waals surface area contributed by atoms with E-state index in [9.17, 15) is 4.79 Å². The Morgan fingerprint density at radius 2 is 2.00 bits per heavy atom. The Labute approximate surface area is 167 Å². The summed E-state index contributed by atoms with van der Waals surface area (Å²) in [5.41, 5.74) is 5.16. The Kier molecular flexibility index (Phi) is 4.41. The van der Waals surface area contributed by atoms with Gasteiger partial charge in [0, 0.05) is 16.9 Å². The third-order valence-electron chi connectivity index (χ3n) is 5.50. The second-order valence-electron chi connectivity index (χ2n) is 7.33. The van der Waals surface area contributed by atoms with Crippen molar-refractivity contribution in [2.75, 3.05) is 13.1 Å². The minimum Gasteiger partial charge on any atom is -0.317 e. The van der Waals surface area contributed by atoms with Crippen molar-refractivity contribution in [2.24, 2.45) is 10.9 Å². The number of carbonyl (C=O) groups is 1. The minimum absolute atomic E-state index is 0.0848. The highest BCUT2D eigenvalue weighted by Crippen LogP contribution is 2.34. The summed E-state index contributed by atoms with van der Waals surface area (Å²) in [6.07, 6.45) is 4.08. The molecule has 0 unspecified atom stereocenters. The van der Waals surface area contributed by atoms with E-state index in [1.807, 2.05) is 23.0 Å². The first-order valence-corrected chi connectivity index (χ1v) is 10.5. The van der Waals surface area contributed by atoms with Gasteiger partial charge in [-0.2, -0.15) is 10.1 Å². The molecule has 2 aromatic heterocycles. The van der Waals surface area contributed by atoms with E-state index in [1.54, 1.807) is 11.3 Å². The van der Waals surface area contributed by atoms with Gasteiger partial charge in [0.2, 0.25) is 0 Å². The van der Waals surface area contributed by atoms with Crippen LogP contribution in [0.4, 0.5) is 0 Å². The van der Waals surface area contributed by atoms with Crippen LogP contribution in [0.2, 0.25) is 0 Å². The largest absolute Gasteiger partial charge is 0.317 e. The lowest BCUT2D eigenvalue weighted by atomic mass is 9.95. The van der Waals surface area contributed by atoms with Gasteiger partial charge in [-0.1, -0.05) is 24.3 Å². The fourth-order valence-corrected chi connectivity index (χ4v) is 4.86. The Bertz CT molecular complexity index is 1070. The third kappa shape index (κ3) is 3.00. The van der Waals surface area contributed by atoms with Gasteiger partial charge in [0.15, 0.2) is 0 Å². The van der Waals surface area contributed by atoms with E-state index in [4.69, 9.17) is 4.98 Å². The van der Waals surface area contributed by atoms with Crippen molar-refractivity contribution in [3.05, 3.63) is 47.1 Å². The van der Waals surface area contributed by atoms with Crippen LogP contribution in [-0.4, -0.2) is 39.6 Å². The van der Waals surface area contributed by atoms with E-state index in [-0.39, 0.29) is 18.2 Å². The smallest absolute Gasteiger partial charge is 0.253 e. The molecule has 1 amide bonds. The number of amides is 1. The van der Waals surface area contributed by atoms with E-state index in [2.05, 4.69) is 39.8 Å². The molecule has 0 radical (unpaired) electrons. The zero-order valence-electron chi connectivity index (χ0n) is 15.7. The minimum atomic E-state index is -0.0848. The molecule has 0 spiro atoms. The van der Waals surface area contributed by atoms with Gasteiger partial charge in [0.25, 0.3) is 5.91 Å². The summed E-state index contributed by atoms with van der Waals surface area (Å²) >= 11 is 1.60. The molecule has 28 heavy (non-hydrogen) atoms. The molecule has 142 valence electrons. The lowest BCUT2D eigenvalue weighted by Crippen LogP contribution is -2.38. The number of benzene rings is 1. The molecule has 0 aliphatic carbocycles. The Morgan fingerprint density at radius 3 is 2.82 bits per heavy atom. The summed E-state index contributed by atoms with van der Waals surface area (Å²) in [5, 5.41) is 10.9. The van der Waals surface area contributed by atoms with Crippen LogP contribution in [0, 0.1) is 12.8 Å². The van der Waals surface area contributed by atoms with Crippen LogP contribution in [0.1, 0.15) is 24.1 Å². The number of aromatic nitrogens is 3. The van der Waals surface area contributed by atoms with Crippen molar-refractivity contribution in [1.29, 1.82) is 0 Å². The molecule has 0 atom stereocenters. The molecule has 4 heterocycles. The van der Waals surface area contributed by atoms with Crippen molar-refractivity contribution in [3.8, 4) is 21.8 Å². The molecular weight excluding hydrogens is 370 g/mol. The fraction of sp³-hybridized carbons (Fsp3) is 0.333. The number of hydrogen-bond acceptors (Lipinski definition) is 5. The molecule has 1 saturated heterocycles. The maximum Gasteiger partial charge on any atom is 0.253 e. The SMILES string of the molecule is Cc1ccccc1-c1csc(-c2cnn3c2CC(=O)N=C3C2CCNCC2)n1. The summed E-state index contributed by atoms with van der Waals surface area (Å²) < 4.78 is 1.89. The van der Waals surface area contributed by atoms with E-state index in [0.717, 1.165) is 59.3 Å². The van der Waals surface area contributed by atoms with E-state index < -0.39 is 0 Å². The molecule has 1 N–H and O–H groups in total. The molecule has 5 rings (SSSR count). The molecule has 1 fully saturated rings. The van der Waals surface area contributed by atoms with Crippen LogP contribution in [-0.2, 0) is 11.2 Å². The Balaban J connectivity index is 1.52. The number of aryl methyl sites for hydroxylation is 1.